The zero-order valence-corrected chi connectivity index (χ0v) is 10.6. The van der Waals surface area contributed by atoms with Gasteiger partial charge in [0.05, 0.1) is 18.6 Å². The number of hydrogen-bond acceptors (Lipinski definition) is 5. The van der Waals surface area contributed by atoms with Crippen molar-refractivity contribution in [3.8, 4) is 0 Å². The maximum Gasteiger partial charge on any atom is 0.308 e. The van der Waals surface area contributed by atoms with E-state index >= 15 is 0 Å². The largest absolute Gasteiger partial charge is 0.481 e. The number of tetrazole rings is 1. The van der Waals surface area contributed by atoms with Crippen LogP contribution >= 0.6 is 0 Å². The van der Waals surface area contributed by atoms with Crippen molar-refractivity contribution in [2.24, 2.45) is 5.92 Å². The molecule has 0 spiro atoms. The third-order valence-corrected chi connectivity index (χ3v) is 3.37. The fourth-order valence-corrected chi connectivity index (χ4v) is 2.29. The molecule has 0 amide bonds. The van der Waals surface area contributed by atoms with Crippen LogP contribution < -0.4 is 0 Å². The van der Waals surface area contributed by atoms with Gasteiger partial charge >= 0.3 is 5.97 Å². The van der Waals surface area contributed by atoms with Crippen molar-refractivity contribution < 1.29 is 14.6 Å². The smallest absolute Gasteiger partial charge is 0.308 e. The molecule has 3 atom stereocenters. The van der Waals surface area contributed by atoms with Crippen LogP contribution in [-0.2, 0) is 16.1 Å². The van der Waals surface area contributed by atoms with E-state index in [4.69, 9.17) is 9.84 Å². The lowest BCUT2D eigenvalue weighted by atomic mass is 9.98. The summed E-state index contributed by atoms with van der Waals surface area (Å²) in [6, 6.07) is 0. The van der Waals surface area contributed by atoms with Gasteiger partial charge in [0.15, 0.2) is 5.82 Å². The molecule has 0 radical (unpaired) electrons. The van der Waals surface area contributed by atoms with Gasteiger partial charge < -0.3 is 9.84 Å². The predicted octanol–water partition coefficient (Wildman–Crippen LogP) is 0.676. The standard InChI is InChI=1S/C11H18N4O3/c1-3-9-8(4-5-18-9)10-12-13-14-15(10)6-7(2)11(16)17/h7-9H,3-6H2,1-2H3,(H,16,17). The van der Waals surface area contributed by atoms with Crippen LogP contribution in [0.4, 0.5) is 0 Å². The van der Waals surface area contributed by atoms with Crippen LogP contribution in [0.15, 0.2) is 0 Å². The van der Waals surface area contributed by atoms with Crippen molar-refractivity contribution in [1.82, 2.24) is 20.2 Å². The average Bonchev–Trinajstić information content (AvgIpc) is 2.95. The van der Waals surface area contributed by atoms with Crippen LogP contribution in [0, 0.1) is 5.92 Å². The Kier molecular flexibility index (Phi) is 3.90. The molecule has 3 unspecified atom stereocenters. The minimum atomic E-state index is -0.842. The van der Waals surface area contributed by atoms with Crippen LogP contribution in [-0.4, -0.2) is 44.0 Å². The number of carbonyl (C=O) groups is 1. The lowest BCUT2D eigenvalue weighted by Crippen LogP contribution is -2.23. The van der Waals surface area contributed by atoms with E-state index in [1.165, 1.54) is 0 Å². The van der Waals surface area contributed by atoms with Gasteiger partial charge in [-0.2, -0.15) is 0 Å². The fraction of sp³-hybridized carbons (Fsp3) is 0.818. The number of hydrogen-bond donors (Lipinski definition) is 1. The summed E-state index contributed by atoms with van der Waals surface area (Å²) >= 11 is 0. The highest BCUT2D eigenvalue weighted by Crippen LogP contribution is 2.31. The van der Waals surface area contributed by atoms with E-state index in [0.717, 1.165) is 18.7 Å². The quantitative estimate of drug-likeness (QED) is 0.830. The summed E-state index contributed by atoms with van der Waals surface area (Å²) < 4.78 is 7.22. The van der Waals surface area contributed by atoms with Gasteiger partial charge in [-0.15, -0.1) is 5.10 Å². The lowest BCUT2D eigenvalue weighted by Gasteiger charge is -2.16. The molecule has 1 saturated heterocycles. The molecule has 1 aliphatic rings. The summed E-state index contributed by atoms with van der Waals surface area (Å²) in [5.41, 5.74) is 0. The lowest BCUT2D eigenvalue weighted by molar-refractivity contribution is -0.141. The molecule has 1 fully saturated rings. The first kappa shape index (κ1) is 12.9. The maximum absolute atomic E-state index is 10.9. The molecule has 0 saturated carbocycles. The third kappa shape index (κ3) is 2.50. The van der Waals surface area contributed by atoms with E-state index in [0.29, 0.717) is 13.2 Å². The van der Waals surface area contributed by atoms with Gasteiger partial charge in [0.1, 0.15) is 0 Å². The molecule has 18 heavy (non-hydrogen) atoms. The van der Waals surface area contributed by atoms with Crippen LogP contribution in [0.25, 0.3) is 0 Å². The predicted molar refractivity (Wildman–Crippen MR) is 62.0 cm³/mol. The summed E-state index contributed by atoms with van der Waals surface area (Å²) in [6.45, 7) is 4.72. The Morgan fingerprint density at radius 1 is 1.67 bits per heavy atom. The molecule has 7 nitrogen and oxygen atoms in total. The topological polar surface area (TPSA) is 90.1 Å². The molecule has 7 heteroatoms. The number of carboxylic acid groups (broad SMARTS) is 1. The van der Waals surface area contributed by atoms with Gasteiger partial charge in [-0.1, -0.05) is 13.8 Å². The molecular formula is C11H18N4O3. The first-order chi connectivity index (χ1) is 8.63. The monoisotopic (exact) mass is 254 g/mol. The summed E-state index contributed by atoms with van der Waals surface area (Å²) in [7, 11) is 0. The number of aromatic nitrogens is 4. The normalized spacial score (nSPS) is 25.2. The molecule has 0 aliphatic carbocycles. The van der Waals surface area contributed by atoms with Gasteiger partial charge in [0, 0.05) is 12.5 Å². The first-order valence-corrected chi connectivity index (χ1v) is 6.24. The van der Waals surface area contributed by atoms with Gasteiger partial charge in [-0.25, -0.2) is 4.68 Å². The number of ether oxygens (including phenoxy) is 1. The summed E-state index contributed by atoms with van der Waals surface area (Å²) in [5, 5.41) is 20.5. The highest BCUT2D eigenvalue weighted by atomic mass is 16.5. The van der Waals surface area contributed by atoms with E-state index < -0.39 is 11.9 Å². The van der Waals surface area contributed by atoms with Crippen molar-refractivity contribution in [2.45, 2.75) is 45.3 Å². The second-order valence-electron chi connectivity index (χ2n) is 4.67. The molecule has 100 valence electrons. The number of carboxylic acids is 1. The molecule has 0 bridgehead atoms. The highest BCUT2D eigenvalue weighted by Gasteiger charge is 2.33. The fourth-order valence-electron chi connectivity index (χ4n) is 2.29. The Morgan fingerprint density at radius 3 is 3.11 bits per heavy atom. The molecule has 1 aromatic rings. The van der Waals surface area contributed by atoms with E-state index in [1.807, 2.05) is 0 Å². The van der Waals surface area contributed by atoms with Crippen molar-refractivity contribution in [1.29, 1.82) is 0 Å². The van der Waals surface area contributed by atoms with Crippen LogP contribution in [0.3, 0.4) is 0 Å². The Balaban J connectivity index is 2.14. The van der Waals surface area contributed by atoms with Gasteiger partial charge in [-0.3, -0.25) is 4.79 Å². The van der Waals surface area contributed by atoms with Gasteiger partial charge in [0.2, 0.25) is 0 Å². The second kappa shape index (κ2) is 5.43. The number of nitrogens with zero attached hydrogens (tertiary/aromatic N) is 4. The Hall–Kier alpha value is -1.50. The van der Waals surface area contributed by atoms with Crippen molar-refractivity contribution >= 4 is 5.97 Å². The molecule has 1 aliphatic heterocycles. The molecule has 2 rings (SSSR count). The summed E-state index contributed by atoms with van der Waals surface area (Å²) in [6.07, 6.45) is 1.93. The summed E-state index contributed by atoms with van der Waals surface area (Å²) in [5.74, 6) is -0.431. The second-order valence-corrected chi connectivity index (χ2v) is 4.67. The Morgan fingerprint density at radius 2 is 2.44 bits per heavy atom. The van der Waals surface area contributed by atoms with Crippen molar-refractivity contribution in [3.63, 3.8) is 0 Å². The number of rotatable bonds is 5. The summed E-state index contributed by atoms with van der Waals surface area (Å²) in [4.78, 5) is 10.9. The average molecular weight is 254 g/mol. The zero-order chi connectivity index (χ0) is 13.1. The SMILES string of the molecule is CCC1OCCC1c1nnnn1CC(C)C(=O)O. The minimum absolute atomic E-state index is 0.134. The van der Waals surface area contributed by atoms with Gasteiger partial charge in [-0.05, 0) is 23.3 Å². The van der Waals surface area contributed by atoms with E-state index in [-0.39, 0.29) is 12.0 Å². The zero-order valence-electron chi connectivity index (χ0n) is 10.6. The minimum Gasteiger partial charge on any atom is -0.481 e. The number of aliphatic carboxylic acids is 1. The van der Waals surface area contributed by atoms with E-state index in [9.17, 15) is 4.79 Å². The molecule has 1 aromatic heterocycles. The van der Waals surface area contributed by atoms with Crippen LogP contribution in [0.5, 0.6) is 0 Å². The molecule has 1 N–H and O–H groups in total. The van der Waals surface area contributed by atoms with Gasteiger partial charge in [0.25, 0.3) is 0 Å². The molecule has 2 heterocycles. The highest BCUT2D eigenvalue weighted by molar-refractivity contribution is 5.69. The van der Waals surface area contributed by atoms with Crippen LogP contribution in [0.1, 0.15) is 38.4 Å². The Labute approximate surface area is 105 Å². The van der Waals surface area contributed by atoms with Crippen molar-refractivity contribution in [3.05, 3.63) is 5.82 Å². The molecule has 0 aromatic carbocycles. The van der Waals surface area contributed by atoms with E-state index in [2.05, 4.69) is 22.4 Å². The Bertz CT molecular complexity index is 420. The third-order valence-electron chi connectivity index (χ3n) is 3.37. The molecular weight excluding hydrogens is 236 g/mol. The van der Waals surface area contributed by atoms with Crippen molar-refractivity contribution in [2.75, 3.05) is 6.61 Å². The van der Waals surface area contributed by atoms with E-state index in [1.54, 1.807) is 11.6 Å². The first-order valence-electron chi connectivity index (χ1n) is 6.24. The van der Waals surface area contributed by atoms with Crippen LogP contribution in [0.2, 0.25) is 0 Å². The maximum atomic E-state index is 10.9.